The van der Waals surface area contributed by atoms with Crippen LogP contribution in [0.2, 0.25) is 0 Å². The van der Waals surface area contributed by atoms with Gasteiger partial charge in [0.2, 0.25) is 0 Å². The first-order valence-corrected chi connectivity index (χ1v) is 6.12. The van der Waals surface area contributed by atoms with E-state index in [1.54, 1.807) is 19.1 Å². The standard InChI is InChI=1S/C14H22N2O2/c1-9(2)14(4,8-15)16-13(18)11-6-5-10(3)12(17)7-11/h5-7,9,17H,8,15H2,1-4H3,(H,16,18). The Kier molecular flexibility index (Phi) is 4.35. The summed E-state index contributed by atoms with van der Waals surface area (Å²) in [4.78, 5) is 12.1. The monoisotopic (exact) mass is 250 g/mol. The summed E-state index contributed by atoms with van der Waals surface area (Å²) in [6.07, 6.45) is 0. The number of nitrogens with one attached hydrogen (secondary N) is 1. The van der Waals surface area contributed by atoms with Crippen LogP contribution < -0.4 is 11.1 Å². The largest absolute Gasteiger partial charge is 0.508 e. The topological polar surface area (TPSA) is 75.4 Å². The molecule has 1 aromatic rings. The molecule has 0 aliphatic rings. The molecule has 0 saturated carbocycles. The maximum Gasteiger partial charge on any atom is 0.251 e. The maximum absolute atomic E-state index is 12.1. The van der Waals surface area contributed by atoms with Crippen LogP contribution in [0.15, 0.2) is 18.2 Å². The average Bonchev–Trinajstić information content (AvgIpc) is 2.32. The van der Waals surface area contributed by atoms with Gasteiger partial charge in [-0.2, -0.15) is 0 Å². The molecule has 18 heavy (non-hydrogen) atoms. The minimum atomic E-state index is -0.447. The number of phenols is 1. The molecule has 0 fully saturated rings. The van der Waals surface area contributed by atoms with E-state index in [4.69, 9.17) is 5.73 Å². The predicted octanol–water partition coefficient (Wildman–Crippen LogP) is 1.80. The van der Waals surface area contributed by atoms with E-state index < -0.39 is 5.54 Å². The smallest absolute Gasteiger partial charge is 0.251 e. The van der Waals surface area contributed by atoms with Crippen molar-refractivity contribution < 1.29 is 9.90 Å². The molecule has 4 heteroatoms. The van der Waals surface area contributed by atoms with Crippen molar-refractivity contribution >= 4 is 5.91 Å². The SMILES string of the molecule is Cc1ccc(C(=O)NC(C)(CN)C(C)C)cc1O. The van der Waals surface area contributed by atoms with E-state index in [0.717, 1.165) is 5.56 Å². The number of hydrogen-bond acceptors (Lipinski definition) is 3. The van der Waals surface area contributed by atoms with E-state index in [1.165, 1.54) is 6.07 Å². The molecule has 100 valence electrons. The summed E-state index contributed by atoms with van der Waals surface area (Å²) in [5.74, 6) is 0.138. The minimum Gasteiger partial charge on any atom is -0.508 e. The second-order valence-corrected chi connectivity index (χ2v) is 5.23. The van der Waals surface area contributed by atoms with Crippen molar-refractivity contribution in [2.45, 2.75) is 33.2 Å². The van der Waals surface area contributed by atoms with Crippen LogP contribution in [0.5, 0.6) is 5.75 Å². The van der Waals surface area contributed by atoms with Gasteiger partial charge in [-0.05, 0) is 37.5 Å². The Bertz CT molecular complexity index is 443. The third kappa shape index (κ3) is 3.01. The van der Waals surface area contributed by atoms with Crippen LogP contribution in [0.1, 0.15) is 36.7 Å². The van der Waals surface area contributed by atoms with Crippen LogP contribution in [0.25, 0.3) is 0 Å². The normalized spacial score (nSPS) is 14.3. The summed E-state index contributed by atoms with van der Waals surface area (Å²) in [5.41, 5.74) is 6.47. The lowest BCUT2D eigenvalue weighted by Gasteiger charge is -2.33. The van der Waals surface area contributed by atoms with E-state index >= 15 is 0 Å². The fourth-order valence-electron chi connectivity index (χ4n) is 1.51. The molecule has 0 aromatic heterocycles. The summed E-state index contributed by atoms with van der Waals surface area (Å²) in [7, 11) is 0. The second-order valence-electron chi connectivity index (χ2n) is 5.23. The van der Waals surface area contributed by atoms with Crippen molar-refractivity contribution in [1.82, 2.24) is 5.32 Å². The number of carbonyl (C=O) groups is 1. The van der Waals surface area contributed by atoms with Gasteiger partial charge in [0.1, 0.15) is 5.75 Å². The van der Waals surface area contributed by atoms with E-state index in [-0.39, 0.29) is 17.6 Å². The summed E-state index contributed by atoms with van der Waals surface area (Å²) in [6.45, 7) is 8.10. The highest BCUT2D eigenvalue weighted by atomic mass is 16.3. The molecule has 0 saturated heterocycles. The number of rotatable bonds is 4. The van der Waals surface area contributed by atoms with Gasteiger partial charge in [0, 0.05) is 12.1 Å². The first-order chi connectivity index (χ1) is 8.30. The van der Waals surface area contributed by atoms with Gasteiger partial charge in [-0.1, -0.05) is 19.9 Å². The molecule has 0 spiro atoms. The molecule has 1 amide bonds. The first kappa shape index (κ1) is 14.5. The fourth-order valence-corrected chi connectivity index (χ4v) is 1.51. The third-order valence-corrected chi connectivity index (χ3v) is 3.57. The summed E-state index contributed by atoms with van der Waals surface area (Å²) >= 11 is 0. The molecule has 1 unspecified atom stereocenters. The van der Waals surface area contributed by atoms with Crippen molar-refractivity contribution in [3.63, 3.8) is 0 Å². The number of hydrogen-bond donors (Lipinski definition) is 3. The number of nitrogens with two attached hydrogens (primary N) is 1. The Morgan fingerprint density at radius 1 is 1.50 bits per heavy atom. The number of phenolic OH excluding ortho intramolecular Hbond substituents is 1. The van der Waals surface area contributed by atoms with Crippen molar-refractivity contribution in [1.29, 1.82) is 0 Å². The zero-order valence-corrected chi connectivity index (χ0v) is 11.4. The Morgan fingerprint density at radius 2 is 2.11 bits per heavy atom. The Balaban J connectivity index is 2.91. The maximum atomic E-state index is 12.1. The van der Waals surface area contributed by atoms with Gasteiger partial charge in [0.05, 0.1) is 5.54 Å². The van der Waals surface area contributed by atoms with Gasteiger partial charge < -0.3 is 16.2 Å². The van der Waals surface area contributed by atoms with Gasteiger partial charge in [0.15, 0.2) is 0 Å². The van der Waals surface area contributed by atoms with Crippen LogP contribution in [0.4, 0.5) is 0 Å². The van der Waals surface area contributed by atoms with Crippen LogP contribution >= 0.6 is 0 Å². The van der Waals surface area contributed by atoms with Gasteiger partial charge in [0.25, 0.3) is 5.91 Å². The highest BCUT2D eigenvalue weighted by Crippen LogP contribution is 2.19. The van der Waals surface area contributed by atoms with Crippen molar-refractivity contribution in [2.75, 3.05) is 6.54 Å². The lowest BCUT2D eigenvalue weighted by atomic mass is 9.88. The summed E-state index contributed by atoms with van der Waals surface area (Å²) in [5, 5.41) is 12.5. The van der Waals surface area contributed by atoms with E-state index in [0.29, 0.717) is 12.1 Å². The molecule has 1 rings (SSSR count). The molecular formula is C14H22N2O2. The first-order valence-electron chi connectivity index (χ1n) is 6.12. The number of amides is 1. The number of aryl methyl sites for hydroxylation is 1. The Morgan fingerprint density at radius 3 is 2.56 bits per heavy atom. The number of aromatic hydroxyl groups is 1. The van der Waals surface area contributed by atoms with Crippen molar-refractivity contribution in [2.24, 2.45) is 11.7 Å². The lowest BCUT2D eigenvalue weighted by molar-refractivity contribution is 0.0883. The predicted molar refractivity (Wildman–Crippen MR) is 72.6 cm³/mol. The molecule has 1 aromatic carbocycles. The third-order valence-electron chi connectivity index (χ3n) is 3.57. The van der Waals surface area contributed by atoms with E-state index in [9.17, 15) is 9.90 Å². The molecule has 0 radical (unpaired) electrons. The number of carbonyl (C=O) groups excluding carboxylic acids is 1. The quantitative estimate of drug-likeness (QED) is 0.762. The highest BCUT2D eigenvalue weighted by Gasteiger charge is 2.28. The molecule has 0 aliphatic heterocycles. The highest BCUT2D eigenvalue weighted by molar-refractivity contribution is 5.95. The molecule has 0 bridgehead atoms. The molecule has 0 heterocycles. The van der Waals surface area contributed by atoms with Gasteiger partial charge >= 0.3 is 0 Å². The average molecular weight is 250 g/mol. The van der Waals surface area contributed by atoms with Gasteiger partial charge in [-0.25, -0.2) is 0 Å². The summed E-state index contributed by atoms with van der Waals surface area (Å²) < 4.78 is 0. The van der Waals surface area contributed by atoms with Crippen LogP contribution in [0, 0.1) is 12.8 Å². The van der Waals surface area contributed by atoms with Crippen LogP contribution in [0.3, 0.4) is 0 Å². The Labute approximate surface area is 108 Å². The van der Waals surface area contributed by atoms with Crippen LogP contribution in [-0.2, 0) is 0 Å². The van der Waals surface area contributed by atoms with Crippen LogP contribution in [-0.4, -0.2) is 23.1 Å². The summed E-state index contributed by atoms with van der Waals surface area (Å²) in [6, 6.07) is 4.89. The lowest BCUT2D eigenvalue weighted by Crippen LogP contribution is -2.55. The second kappa shape index (κ2) is 5.40. The van der Waals surface area contributed by atoms with Crippen molar-refractivity contribution in [3.05, 3.63) is 29.3 Å². The number of benzene rings is 1. The Hall–Kier alpha value is -1.55. The zero-order chi connectivity index (χ0) is 13.9. The molecule has 4 N–H and O–H groups in total. The fraction of sp³-hybridized carbons (Fsp3) is 0.500. The van der Waals surface area contributed by atoms with E-state index in [1.807, 2.05) is 20.8 Å². The molecular weight excluding hydrogens is 228 g/mol. The molecule has 0 aliphatic carbocycles. The van der Waals surface area contributed by atoms with E-state index in [2.05, 4.69) is 5.32 Å². The molecule has 1 atom stereocenters. The van der Waals surface area contributed by atoms with Crippen molar-refractivity contribution in [3.8, 4) is 5.75 Å². The molecule has 4 nitrogen and oxygen atoms in total. The van der Waals surface area contributed by atoms with Gasteiger partial charge in [-0.3, -0.25) is 4.79 Å². The van der Waals surface area contributed by atoms with Gasteiger partial charge in [-0.15, -0.1) is 0 Å². The minimum absolute atomic E-state index is 0.127. The zero-order valence-electron chi connectivity index (χ0n) is 11.4.